The molecule has 0 spiro atoms. The van der Waals surface area contributed by atoms with Crippen LogP contribution < -0.4 is 9.47 Å². The van der Waals surface area contributed by atoms with Gasteiger partial charge in [-0.2, -0.15) is 4.68 Å². The van der Waals surface area contributed by atoms with E-state index in [0.29, 0.717) is 22.3 Å². The number of benzene rings is 2. The fourth-order valence-corrected chi connectivity index (χ4v) is 3.77. The maximum atomic E-state index is 12.9. The van der Waals surface area contributed by atoms with Gasteiger partial charge in [0.1, 0.15) is 17.2 Å². The molecule has 3 aromatic rings. The zero-order valence-corrected chi connectivity index (χ0v) is 17.8. The highest BCUT2D eigenvalue weighted by Crippen LogP contribution is 2.30. The molecule has 0 saturated heterocycles. The fourth-order valence-electron chi connectivity index (χ4n) is 3.00. The van der Waals surface area contributed by atoms with E-state index in [4.69, 9.17) is 9.47 Å². The van der Waals surface area contributed by atoms with Crippen LogP contribution in [0, 0.1) is 0 Å². The van der Waals surface area contributed by atoms with E-state index >= 15 is 0 Å². The Morgan fingerprint density at radius 3 is 2.59 bits per heavy atom. The summed E-state index contributed by atoms with van der Waals surface area (Å²) in [6, 6.07) is 11.5. The fraction of sp³-hybridized carbons (Fsp3) is 0.333. The van der Waals surface area contributed by atoms with Crippen molar-refractivity contribution >= 4 is 17.5 Å². The van der Waals surface area contributed by atoms with Crippen LogP contribution in [0.3, 0.4) is 0 Å². The number of methoxy groups -OCH3 is 2. The number of rotatable bonds is 9. The van der Waals surface area contributed by atoms with Crippen molar-refractivity contribution in [1.82, 2.24) is 20.2 Å². The van der Waals surface area contributed by atoms with Crippen LogP contribution in [0.2, 0.25) is 0 Å². The van der Waals surface area contributed by atoms with Crippen molar-refractivity contribution in [2.45, 2.75) is 31.8 Å². The number of ether oxygens (including phenoxy) is 2. The normalized spacial score (nSPS) is 10.8. The maximum Gasteiger partial charge on any atom is 0.214 e. The first-order valence-corrected chi connectivity index (χ1v) is 10.4. The van der Waals surface area contributed by atoms with Gasteiger partial charge in [0.25, 0.3) is 0 Å². The van der Waals surface area contributed by atoms with Crippen LogP contribution in [0.25, 0.3) is 5.69 Å². The lowest BCUT2D eigenvalue weighted by Gasteiger charge is -2.11. The van der Waals surface area contributed by atoms with Crippen LogP contribution in [0.15, 0.2) is 41.6 Å². The monoisotopic (exact) mass is 412 g/mol. The first-order chi connectivity index (χ1) is 14.1. The predicted molar refractivity (Wildman–Crippen MR) is 113 cm³/mol. The third-order valence-corrected chi connectivity index (χ3v) is 5.57. The number of thioether (sulfide) groups is 1. The van der Waals surface area contributed by atoms with Gasteiger partial charge < -0.3 is 9.47 Å². The average Bonchev–Trinajstić information content (AvgIpc) is 3.24. The van der Waals surface area contributed by atoms with E-state index < -0.39 is 0 Å². The number of aryl methyl sites for hydroxylation is 2. The van der Waals surface area contributed by atoms with Gasteiger partial charge in [0.15, 0.2) is 5.78 Å². The van der Waals surface area contributed by atoms with Crippen molar-refractivity contribution in [2.75, 3.05) is 20.0 Å². The molecule has 0 radical (unpaired) electrons. The van der Waals surface area contributed by atoms with Crippen LogP contribution >= 0.6 is 11.8 Å². The summed E-state index contributed by atoms with van der Waals surface area (Å²) in [4.78, 5) is 12.9. The summed E-state index contributed by atoms with van der Waals surface area (Å²) < 4.78 is 12.3. The van der Waals surface area contributed by atoms with E-state index in [9.17, 15) is 4.79 Å². The van der Waals surface area contributed by atoms with Crippen LogP contribution in [-0.4, -0.2) is 46.0 Å². The minimum atomic E-state index is 0.0642. The molecule has 2 aromatic carbocycles. The SMILES string of the molecule is CCc1ccc(CC)c(C(=O)CSc2nnnn2-c2cc(OC)ccc2OC)c1. The standard InChI is InChI=1S/C21H24N4O3S/c1-5-14-7-8-15(6-2)17(11-14)19(26)13-29-21-22-23-24-25(21)18-12-16(27-3)9-10-20(18)28-4/h7-12H,5-6,13H2,1-4H3. The lowest BCUT2D eigenvalue weighted by atomic mass is 9.98. The van der Waals surface area contributed by atoms with Crippen LogP contribution in [-0.2, 0) is 12.8 Å². The van der Waals surface area contributed by atoms with Crippen LogP contribution in [0.4, 0.5) is 0 Å². The van der Waals surface area contributed by atoms with Crippen molar-refractivity contribution in [3.63, 3.8) is 0 Å². The minimum Gasteiger partial charge on any atom is -0.497 e. The lowest BCUT2D eigenvalue weighted by molar-refractivity contribution is 0.102. The molecule has 3 rings (SSSR count). The van der Waals surface area contributed by atoms with E-state index in [-0.39, 0.29) is 11.5 Å². The van der Waals surface area contributed by atoms with Gasteiger partial charge >= 0.3 is 0 Å². The zero-order valence-electron chi connectivity index (χ0n) is 17.0. The molecule has 0 amide bonds. The molecular weight excluding hydrogens is 388 g/mol. The minimum absolute atomic E-state index is 0.0642. The first-order valence-electron chi connectivity index (χ1n) is 9.39. The van der Waals surface area contributed by atoms with Crippen molar-refractivity contribution < 1.29 is 14.3 Å². The second-order valence-electron chi connectivity index (χ2n) is 6.32. The molecule has 0 N–H and O–H groups in total. The van der Waals surface area contributed by atoms with Crippen LogP contribution in [0.5, 0.6) is 11.5 Å². The molecule has 7 nitrogen and oxygen atoms in total. The number of hydrogen-bond donors (Lipinski definition) is 0. The summed E-state index contributed by atoms with van der Waals surface area (Å²) >= 11 is 1.30. The molecular formula is C21H24N4O3S. The number of carbonyl (C=O) groups excluding carboxylic acids is 1. The van der Waals surface area contributed by atoms with Crippen molar-refractivity contribution in [3.05, 3.63) is 53.1 Å². The number of nitrogens with zero attached hydrogens (tertiary/aromatic N) is 4. The molecule has 1 heterocycles. The lowest BCUT2D eigenvalue weighted by Crippen LogP contribution is -2.09. The molecule has 0 atom stereocenters. The Kier molecular flexibility index (Phi) is 6.87. The Balaban J connectivity index is 1.84. The molecule has 1 aromatic heterocycles. The quantitative estimate of drug-likeness (QED) is 0.391. The Hall–Kier alpha value is -2.87. The Morgan fingerprint density at radius 2 is 1.90 bits per heavy atom. The van der Waals surface area contributed by atoms with Gasteiger partial charge in [-0.1, -0.05) is 37.7 Å². The van der Waals surface area contributed by atoms with E-state index in [1.165, 1.54) is 11.8 Å². The third kappa shape index (κ3) is 4.59. The molecule has 0 aliphatic heterocycles. The Labute approximate surface area is 174 Å². The van der Waals surface area contributed by atoms with Crippen molar-refractivity contribution in [3.8, 4) is 17.2 Å². The van der Waals surface area contributed by atoms with Crippen LogP contribution in [0.1, 0.15) is 35.3 Å². The summed E-state index contributed by atoms with van der Waals surface area (Å²) in [6.45, 7) is 4.14. The van der Waals surface area contributed by atoms with Crippen molar-refractivity contribution in [2.24, 2.45) is 0 Å². The number of ketones is 1. The van der Waals surface area contributed by atoms with Gasteiger partial charge in [0.2, 0.25) is 5.16 Å². The number of Topliss-reactive ketones (excluding diaryl/α,β-unsaturated/α-hetero) is 1. The molecule has 8 heteroatoms. The molecule has 0 aliphatic carbocycles. The second-order valence-corrected chi connectivity index (χ2v) is 7.26. The average molecular weight is 413 g/mol. The summed E-state index contributed by atoms with van der Waals surface area (Å²) in [5.41, 5.74) is 3.63. The molecule has 29 heavy (non-hydrogen) atoms. The summed E-state index contributed by atoms with van der Waals surface area (Å²) in [7, 11) is 3.17. The smallest absolute Gasteiger partial charge is 0.214 e. The van der Waals surface area contributed by atoms with Gasteiger partial charge in [0, 0.05) is 11.6 Å². The van der Waals surface area contributed by atoms with E-state index in [1.807, 2.05) is 12.1 Å². The number of hydrogen-bond acceptors (Lipinski definition) is 7. The Bertz CT molecular complexity index is 1000. The topological polar surface area (TPSA) is 79.1 Å². The zero-order chi connectivity index (χ0) is 20.8. The second kappa shape index (κ2) is 9.56. The number of tetrazole rings is 1. The van der Waals surface area contributed by atoms with Gasteiger partial charge in [-0.15, -0.1) is 5.10 Å². The maximum absolute atomic E-state index is 12.9. The molecule has 0 bridgehead atoms. The first kappa shape index (κ1) is 20.9. The third-order valence-electron chi connectivity index (χ3n) is 4.65. The predicted octanol–water partition coefficient (Wildman–Crippen LogP) is 3.78. The Morgan fingerprint density at radius 1 is 1.07 bits per heavy atom. The van der Waals surface area contributed by atoms with Crippen molar-refractivity contribution in [1.29, 1.82) is 0 Å². The van der Waals surface area contributed by atoms with E-state index in [1.54, 1.807) is 37.1 Å². The molecule has 0 fully saturated rings. The number of carbonyl (C=O) groups is 1. The van der Waals surface area contributed by atoms with E-state index in [0.717, 1.165) is 29.5 Å². The van der Waals surface area contributed by atoms with Gasteiger partial charge in [-0.05, 0) is 52.6 Å². The highest BCUT2D eigenvalue weighted by molar-refractivity contribution is 7.99. The molecule has 152 valence electrons. The summed E-state index contributed by atoms with van der Waals surface area (Å²) in [6.07, 6.45) is 1.71. The number of aromatic nitrogens is 4. The van der Waals surface area contributed by atoms with E-state index in [2.05, 4.69) is 35.4 Å². The largest absolute Gasteiger partial charge is 0.497 e. The summed E-state index contributed by atoms with van der Waals surface area (Å²) in [5, 5.41) is 12.4. The van der Waals surface area contributed by atoms with Gasteiger partial charge in [0.05, 0.1) is 20.0 Å². The molecule has 0 saturated carbocycles. The van der Waals surface area contributed by atoms with Gasteiger partial charge in [-0.3, -0.25) is 4.79 Å². The highest BCUT2D eigenvalue weighted by Gasteiger charge is 2.18. The molecule has 0 aliphatic rings. The molecule has 0 unspecified atom stereocenters. The van der Waals surface area contributed by atoms with Gasteiger partial charge in [-0.25, -0.2) is 0 Å². The highest BCUT2D eigenvalue weighted by atomic mass is 32.2. The summed E-state index contributed by atoms with van der Waals surface area (Å²) in [5.74, 6) is 1.57.